The highest BCUT2D eigenvalue weighted by atomic mass is 16.7. The Hall–Kier alpha value is -2.95. The molecule has 1 heterocycles. The molecular formula is C23H23NO4. The van der Waals surface area contributed by atoms with E-state index in [0.717, 1.165) is 11.1 Å². The number of esters is 1. The van der Waals surface area contributed by atoms with Gasteiger partial charge in [-0.25, -0.2) is 4.79 Å². The SMILES string of the molecule is CC1(C)C2(C(=O)ON=C(c3ccccc3)c3ccccc3)CC[C@]1(C)C(=O)O2. The van der Waals surface area contributed by atoms with Gasteiger partial charge in [-0.1, -0.05) is 79.7 Å². The molecule has 2 aromatic carbocycles. The molecule has 5 nitrogen and oxygen atoms in total. The number of rotatable bonds is 4. The van der Waals surface area contributed by atoms with Crippen LogP contribution in [-0.4, -0.2) is 23.3 Å². The molecule has 1 unspecified atom stereocenters. The Morgan fingerprint density at radius 2 is 1.46 bits per heavy atom. The van der Waals surface area contributed by atoms with Crippen LogP contribution in [0.3, 0.4) is 0 Å². The summed E-state index contributed by atoms with van der Waals surface area (Å²) in [7, 11) is 0. The van der Waals surface area contributed by atoms with Crippen molar-refractivity contribution in [2.75, 3.05) is 0 Å². The number of carbonyl (C=O) groups is 2. The minimum Gasteiger partial charge on any atom is -0.446 e. The lowest BCUT2D eigenvalue weighted by atomic mass is 9.66. The van der Waals surface area contributed by atoms with Crippen LogP contribution in [-0.2, 0) is 19.2 Å². The second kappa shape index (κ2) is 6.30. The zero-order valence-electron chi connectivity index (χ0n) is 16.3. The average Bonchev–Trinajstić information content (AvgIpc) is 3.00. The van der Waals surface area contributed by atoms with Crippen LogP contribution < -0.4 is 0 Å². The van der Waals surface area contributed by atoms with Gasteiger partial charge in [0, 0.05) is 16.5 Å². The van der Waals surface area contributed by atoms with E-state index in [1.54, 1.807) is 0 Å². The summed E-state index contributed by atoms with van der Waals surface area (Å²) in [5.74, 6) is -0.951. The quantitative estimate of drug-likeness (QED) is 0.348. The van der Waals surface area contributed by atoms with Gasteiger partial charge in [0.25, 0.3) is 0 Å². The number of fused-ring (bicyclic) bond motifs is 2. The molecule has 0 spiro atoms. The van der Waals surface area contributed by atoms with Gasteiger partial charge in [0.15, 0.2) is 0 Å². The Balaban J connectivity index is 1.68. The van der Waals surface area contributed by atoms with E-state index in [1.165, 1.54) is 0 Å². The maximum atomic E-state index is 13.1. The molecule has 28 heavy (non-hydrogen) atoms. The van der Waals surface area contributed by atoms with E-state index in [0.29, 0.717) is 18.6 Å². The zero-order valence-corrected chi connectivity index (χ0v) is 16.3. The third-order valence-corrected chi connectivity index (χ3v) is 6.73. The molecule has 0 amide bonds. The van der Waals surface area contributed by atoms with Crippen LogP contribution in [0.4, 0.5) is 0 Å². The van der Waals surface area contributed by atoms with Gasteiger partial charge in [0.05, 0.1) is 5.41 Å². The maximum absolute atomic E-state index is 13.1. The molecular weight excluding hydrogens is 354 g/mol. The standard InChI is InChI=1S/C23H23NO4/c1-21(2)22(3)14-15-23(21,27-19(22)25)20(26)28-24-18(16-10-6-4-7-11-16)17-12-8-5-9-13-17/h4-13H,14-15H2,1-3H3/t22-,23?/m1/s1. The molecule has 0 N–H and O–H groups in total. The largest absolute Gasteiger partial charge is 0.446 e. The molecule has 2 bridgehead atoms. The summed E-state index contributed by atoms with van der Waals surface area (Å²) < 4.78 is 5.59. The number of benzene rings is 2. The fraction of sp³-hybridized carbons (Fsp3) is 0.348. The number of oxime groups is 1. The summed E-state index contributed by atoms with van der Waals surface area (Å²) >= 11 is 0. The van der Waals surface area contributed by atoms with E-state index in [-0.39, 0.29) is 5.97 Å². The number of hydrogen-bond donors (Lipinski definition) is 0. The van der Waals surface area contributed by atoms with Crippen LogP contribution in [0.5, 0.6) is 0 Å². The van der Waals surface area contributed by atoms with Gasteiger partial charge in [-0.15, -0.1) is 0 Å². The first-order valence-corrected chi connectivity index (χ1v) is 9.46. The molecule has 1 aliphatic carbocycles. The highest BCUT2D eigenvalue weighted by Crippen LogP contribution is 2.65. The van der Waals surface area contributed by atoms with Crippen molar-refractivity contribution in [2.45, 2.75) is 39.2 Å². The fourth-order valence-electron chi connectivity index (χ4n) is 4.33. The highest BCUT2D eigenvalue weighted by molar-refractivity contribution is 6.12. The molecule has 0 radical (unpaired) electrons. The number of ether oxygens (including phenoxy) is 1. The Kier molecular flexibility index (Phi) is 4.14. The van der Waals surface area contributed by atoms with E-state index >= 15 is 0 Å². The number of hydrogen-bond acceptors (Lipinski definition) is 5. The summed E-state index contributed by atoms with van der Waals surface area (Å²) in [5, 5.41) is 4.21. The van der Waals surface area contributed by atoms with Crippen molar-refractivity contribution in [2.24, 2.45) is 16.0 Å². The minimum atomic E-state index is -1.29. The van der Waals surface area contributed by atoms with Gasteiger partial charge in [0.2, 0.25) is 5.60 Å². The minimum absolute atomic E-state index is 0.337. The van der Waals surface area contributed by atoms with E-state index in [1.807, 2.05) is 81.4 Å². The van der Waals surface area contributed by atoms with Crippen molar-refractivity contribution in [3.05, 3.63) is 71.8 Å². The molecule has 2 aromatic rings. The maximum Gasteiger partial charge on any atom is 0.378 e. The van der Waals surface area contributed by atoms with Gasteiger partial charge in [-0.3, -0.25) is 4.79 Å². The Morgan fingerprint density at radius 3 is 1.89 bits per heavy atom. The van der Waals surface area contributed by atoms with Crippen LogP contribution in [0.25, 0.3) is 0 Å². The molecule has 1 aliphatic heterocycles. The van der Waals surface area contributed by atoms with E-state index in [4.69, 9.17) is 9.57 Å². The summed E-state index contributed by atoms with van der Waals surface area (Å²) in [6.07, 6.45) is 1.05. The molecule has 5 heteroatoms. The van der Waals surface area contributed by atoms with Crippen molar-refractivity contribution in [1.29, 1.82) is 0 Å². The lowest BCUT2D eigenvalue weighted by Gasteiger charge is -2.33. The normalized spacial score (nSPS) is 27.2. The van der Waals surface area contributed by atoms with Gasteiger partial charge in [0.1, 0.15) is 5.71 Å². The van der Waals surface area contributed by atoms with Crippen molar-refractivity contribution in [1.82, 2.24) is 0 Å². The second-order valence-electron chi connectivity index (χ2n) is 8.22. The summed E-state index contributed by atoms with van der Waals surface area (Å²) in [5.41, 5.74) is -0.425. The molecule has 2 aliphatic rings. The van der Waals surface area contributed by atoms with Crippen LogP contribution in [0.15, 0.2) is 65.8 Å². The van der Waals surface area contributed by atoms with Crippen LogP contribution in [0.1, 0.15) is 44.7 Å². The Bertz CT molecular complexity index is 910. The Labute approximate surface area is 164 Å². The number of nitrogens with zero attached hydrogens (tertiary/aromatic N) is 1. The van der Waals surface area contributed by atoms with Crippen LogP contribution >= 0.6 is 0 Å². The molecule has 1 saturated carbocycles. The Morgan fingerprint density at radius 1 is 0.929 bits per heavy atom. The predicted molar refractivity (Wildman–Crippen MR) is 105 cm³/mol. The summed E-state index contributed by atoms with van der Waals surface area (Å²) in [4.78, 5) is 30.9. The van der Waals surface area contributed by atoms with Crippen LogP contribution in [0, 0.1) is 10.8 Å². The number of carbonyl (C=O) groups excluding carboxylic acids is 2. The van der Waals surface area contributed by atoms with Crippen LogP contribution in [0.2, 0.25) is 0 Å². The first-order chi connectivity index (χ1) is 13.3. The second-order valence-corrected chi connectivity index (χ2v) is 8.22. The molecule has 4 rings (SSSR count). The van der Waals surface area contributed by atoms with Gasteiger partial charge in [-0.2, -0.15) is 0 Å². The average molecular weight is 377 g/mol. The lowest BCUT2D eigenvalue weighted by molar-refractivity contribution is -0.183. The van der Waals surface area contributed by atoms with Crippen molar-refractivity contribution in [3.63, 3.8) is 0 Å². The van der Waals surface area contributed by atoms with Gasteiger partial charge < -0.3 is 9.57 Å². The molecule has 2 fully saturated rings. The lowest BCUT2D eigenvalue weighted by Crippen LogP contribution is -2.48. The van der Waals surface area contributed by atoms with Crippen molar-refractivity contribution < 1.29 is 19.2 Å². The fourth-order valence-corrected chi connectivity index (χ4v) is 4.33. The van der Waals surface area contributed by atoms with E-state index < -0.39 is 22.4 Å². The first-order valence-electron chi connectivity index (χ1n) is 9.46. The van der Waals surface area contributed by atoms with Crippen molar-refractivity contribution in [3.8, 4) is 0 Å². The van der Waals surface area contributed by atoms with Crippen molar-refractivity contribution >= 4 is 17.7 Å². The van der Waals surface area contributed by atoms with E-state index in [2.05, 4.69) is 5.16 Å². The molecule has 0 aromatic heterocycles. The van der Waals surface area contributed by atoms with Gasteiger partial charge in [-0.05, 0) is 19.8 Å². The van der Waals surface area contributed by atoms with E-state index in [9.17, 15) is 9.59 Å². The molecule has 144 valence electrons. The molecule has 2 atom stereocenters. The monoisotopic (exact) mass is 377 g/mol. The predicted octanol–water partition coefficient (Wildman–Crippen LogP) is 4.10. The zero-order chi connectivity index (χ0) is 20.0. The molecule has 1 saturated heterocycles. The first kappa shape index (κ1) is 18.4. The third kappa shape index (κ3) is 2.42. The summed E-state index contributed by atoms with van der Waals surface area (Å²) in [6.45, 7) is 5.65. The summed E-state index contributed by atoms with van der Waals surface area (Å²) in [6, 6.07) is 19.1. The topological polar surface area (TPSA) is 65.0 Å². The van der Waals surface area contributed by atoms with Gasteiger partial charge >= 0.3 is 11.9 Å². The smallest absolute Gasteiger partial charge is 0.378 e. The third-order valence-electron chi connectivity index (χ3n) is 6.73. The highest BCUT2D eigenvalue weighted by Gasteiger charge is 2.76.